The Labute approximate surface area is 382 Å². The van der Waals surface area contributed by atoms with E-state index in [9.17, 15) is 19.2 Å². The number of nitrogens with two attached hydrogens (primary N) is 1. The fourth-order valence-electron chi connectivity index (χ4n) is 5.36. The number of aliphatic hydroxyl groups is 1. The molecule has 1 fully saturated rings. The number of esters is 1. The number of aryl methyl sites for hydroxylation is 1. The highest BCUT2D eigenvalue weighted by Gasteiger charge is 2.34. The Morgan fingerprint density at radius 2 is 1.19 bits per heavy atom. The molecule has 4 aromatic rings. The van der Waals surface area contributed by atoms with E-state index in [1.165, 1.54) is 5.56 Å². The number of hydrogen-bond acceptors (Lipinski definition) is 8. The number of cyclic esters (lactones) is 1. The van der Waals surface area contributed by atoms with Gasteiger partial charge in [-0.3, -0.25) is 19.7 Å². The first kappa shape index (κ1) is 53.5. The second kappa shape index (κ2) is 26.7. The number of carbonyl (C=O) groups is 4. The smallest absolute Gasteiger partial charge is 0.411 e. The van der Waals surface area contributed by atoms with Gasteiger partial charge in [-0.05, 0) is 92.1 Å². The molecular weight excluding hydrogens is 851 g/mol. The number of amides is 3. The number of halogens is 3. The third kappa shape index (κ3) is 19.2. The molecule has 11 nitrogen and oxygen atoms in total. The van der Waals surface area contributed by atoms with Gasteiger partial charge in [-0.25, -0.2) is 4.79 Å². The molecule has 338 valence electrons. The maximum Gasteiger partial charge on any atom is 0.411 e. The van der Waals surface area contributed by atoms with Crippen LogP contribution in [0.5, 0.6) is 0 Å². The van der Waals surface area contributed by atoms with E-state index in [2.05, 4.69) is 22.9 Å². The summed E-state index contributed by atoms with van der Waals surface area (Å²) in [5.74, 6) is -0.254. The molecule has 62 heavy (non-hydrogen) atoms. The summed E-state index contributed by atoms with van der Waals surface area (Å²) >= 11 is 17.8. The fraction of sp³-hybridized carbons (Fsp3) is 0.417. The maximum absolute atomic E-state index is 12.5. The number of carbonyl (C=O) groups excluding carboxylic acids is 4. The van der Waals surface area contributed by atoms with Crippen molar-refractivity contribution in [3.05, 3.63) is 134 Å². The largest absolute Gasteiger partial charge is 0.465 e. The van der Waals surface area contributed by atoms with Gasteiger partial charge in [0.05, 0.1) is 18.6 Å². The summed E-state index contributed by atoms with van der Waals surface area (Å²) in [6, 6.07) is 30.0. The molecule has 0 bridgehead atoms. The zero-order valence-electron chi connectivity index (χ0n) is 36.9. The van der Waals surface area contributed by atoms with Crippen molar-refractivity contribution < 1.29 is 33.8 Å². The van der Waals surface area contributed by atoms with Crippen LogP contribution in [-0.2, 0) is 49.9 Å². The number of benzene rings is 4. The molecule has 1 aliphatic rings. The maximum atomic E-state index is 12.5. The van der Waals surface area contributed by atoms with E-state index in [0.717, 1.165) is 34.6 Å². The molecule has 0 saturated carbocycles. The van der Waals surface area contributed by atoms with Crippen molar-refractivity contribution in [2.75, 3.05) is 25.1 Å². The lowest BCUT2D eigenvalue weighted by Gasteiger charge is -2.23. The molecule has 5 rings (SSSR count). The number of rotatable bonds is 14. The van der Waals surface area contributed by atoms with Gasteiger partial charge in [0.1, 0.15) is 0 Å². The van der Waals surface area contributed by atoms with E-state index in [1.807, 2.05) is 126 Å². The van der Waals surface area contributed by atoms with Crippen molar-refractivity contribution in [1.29, 1.82) is 0 Å². The minimum atomic E-state index is -0.676. The first-order valence-electron chi connectivity index (χ1n) is 20.5. The fourth-order valence-corrected chi connectivity index (χ4v) is 5.97. The van der Waals surface area contributed by atoms with Crippen LogP contribution >= 0.6 is 34.8 Å². The summed E-state index contributed by atoms with van der Waals surface area (Å²) in [5, 5.41) is 19.3. The zero-order valence-corrected chi connectivity index (χ0v) is 39.2. The number of hydrogen-bond donors (Lipinski definition) is 5. The Hall–Kier alpha value is -4.65. The minimum absolute atomic E-state index is 0.00646. The zero-order chi connectivity index (χ0) is 46.3. The number of nitrogens with one attached hydrogen (secondary N) is 3. The minimum Gasteiger partial charge on any atom is -0.465 e. The van der Waals surface area contributed by atoms with Gasteiger partial charge in [0.2, 0.25) is 11.8 Å². The van der Waals surface area contributed by atoms with Crippen molar-refractivity contribution in [3.8, 4) is 0 Å². The van der Waals surface area contributed by atoms with Crippen molar-refractivity contribution in [2.45, 2.75) is 93.8 Å². The third-order valence-corrected chi connectivity index (χ3v) is 11.1. The molecule has 1 heterocycles. The van der Waals surface area contributed by atoms with Crippen LogP contribution in [0.2, 0.25) is 15.1 Å². The monoisotopic (exact) mass is 912 g/mol. The topological polar surface area (TPSA) is 169 Å². The molecule has 0 radical (unpaired) electrons. The highest BCUT2D eigenvalue weighted by molar-refractivity contribution is 6.32. The van der Waals surface area contributed by atoms with Gasteiger partial charge in [-0.15, -0.1) is 0 Å². The highest BCUT2D eigenvalue weighted by atomic mass is 35.5. The Morgan fingerprint density at radius 1 is 0.742 bits per heavy atom. The standard InChI is InChI=1S/C22H27ClN2O3.C13H18ClNO2.C7H8ClN.C6H10O2/c1-4-16-9-11-18(12-10-16)25-21(27)28-14-13-22(2,3)20(26)24-15-17-7-5-6-8-19(17)23;1-13(2,7-8-16)12(17)15-9-10-5-3-4-6-11(10)14;8-7-4-2-1-3-6(7)5-9;1-6(2)3-4-8-5(6)7/h5-12H,4,13-15H2,1-3H3,(H,24,26)(H,25,27);3-6,16H,7-9H2,1-2H3,(H,15,17);1-4H,5,9H2;3-4H2,1-2H3. The van der Waals surface area contributed by atoms with E-state index in [1.54, 1.807) is 12.1 Å². The Morgan fingerprint density at radius 3 is 1.55 bits per heavy atom. The summed E-state index contributed by atoms with van der Waals surface area (Å²) in [6.45, 7) is 15.2. The SMILES string of the molecule is CC(C)(CCO)C(=O)NCc1ccccc1Cl.CC1(C)CCOC1=O.CCc1ccc(NC(=O)OCCC(C)(C)C(=O)NCc2ccccc2Cl)cc1.NCc1ccccc1Cl. The van der Waals surface area contributed by atoms with Crippen LogP contribution in [0.15, 0.2) is 97.1 Å². The average Bonchev–Trinajstić information content (AvgIpc) is 3.55. The molecule has 1 aliphatic heterocycles. The lowest BCUT2D eigenvalue weighted by Crippen LogP contribution is -2.37. The van der Waals surface area contributed by atoms with Gasteiger partial charge in [0.15, 0.2) is 0 Å². The van der Waals surface area contributed by atoms with Crippen molar-refractivity contribution in [1.82, 2.24) is 10.6 Å². The second-order valence-electron chi connectivity index (χ2n) is 16.4. The van der Waals surface area contributed by atoms with Crippen LogP contribution in [0.1, 0.15) is 90.0 Å². The molecule has 6 N–H and O–H groups in total. The molecule has 3 amide bonds. The van der Waals surface area contributed by atoms with E-state index >= 15 is 0 Å². The Kier molecular flexibility index (Phi) is 23.1. The predicted molar refractivity (Wildman–Crippen MR) is 250 cm³/mol. The first-order valence-corrected chi connectivity index (χ1v) is 21.7. The molecular formula is C48H63Cl3N4O7. The molecule has 0 atom stereocenters. The van der Waals surface area contributed by atoms with Crippen LogP contribution in [0, 0.1) is 16.2 Å². The Bertz CT molecular complexity index is 2020. The molecule has 0 aromatic heterocycles. The highest BCUT2D eigenvalue weighted by Crippen LogP contribution is 2.28. The summed E-state index contributed by atoms with van der Waals surface area (Å²) in [5.41, 5.74) is 8.55. The summed E-state index contributed by atoms with van der Waals surface area (Å²) in [4.78, 5) is 46.9. The number of anilines is 1. The lowest BCUT2D eigenvalue weighted by molar-refractivity contribution is -0.144. The van der Waals surface area contributed by atoms with Crippen LogP contribution in [0.4, 0.5) is 10.5 Å². The van der Waals surface area contributed by atoms with Crippen molar-refractivity contribution in [3.63, 3.8) is 0 Å². The van der Waals surface area contributed by atoms with Gasteiger partial charge in [-0.2, -0.15) is 0 Å². The lowest BCUT2D eigenvalue weighted by atomic mass is 9.88. The Balaban J connectivity index is 0.000000325. The normalized spacial score (nSPS) is 12.7. The number of ether oxygens (including phenoxy) is 2. The molecule has 4 aromatic carbocycles. The average molecular weight is 914 g/mol. The van der Waals surface area contributed by atoms with Gasteiger partial charge in [0, 0.05) is 57.8 Å². The van der Waals surface area contributed by atoms with E-state index in [0.29, 0.717) is 54.8 Å². The predicted octanol–water partition coefficient (Wildman–Crippen LogP) is 10.3. The molecule has 1 saturated heterocycles. The third-order valence-electron chi connectivity index (χ3n) is 10.0. The summed E-state index contributed by atoms with van der Waals surface area (Å²) in [7, 11) is 0. The summed E-state index contributed by atoms with van der Waals surface area (Å²) < 4.78 is 9.95. The van der Waals surface area contributed by atoms with Crippen LogP contribution < -0.4 is 21.7 Å². The van der Waals surface area contributed by atoms with Gasteiger partial charge < -0.3 is 30.9 Å². The first-order chi connectivity index (χ1) is 29.3. The molecule has 0 unspecified atom stereocenters. The van der Waals surface area contributed by atoms with E-state index < -0.39 is 16.9 Å². The molecule has 0 aliphatic carbocycles. The second-order valence-corrected chi connectivity index (χ2v) is 17.6. The molecule has 14 heteroatoms. The quantitative estimate of drug-likeness (QED) is 0.0779. The number of aliphatic hydroxyl groups excluding tert-OH is 1. The van der Waals surface area contributed by atoms with Crippen LogP contribution in [0.25, 0.3) is 0 Å². The van der Waals surface area contributed by atoms with E-state index in [4.69, 9.17) is 55.1 Å². The van der Waals surface area contributed by atoms with E-state index in [-0.39, 0.29) is 36.4 Å². The van der Waals surface area contributed by atoms with Crippen molar-refractivity contribution in [2.24, 2.45) is 22.0 Å². The van der Waals surface area contributed by atoms with Gasteiger partial charge in [0.25, 0.3) is 0 Å². The summed E-state index contributed by atoms with van der Waals surface area (Å²) in [6.07, 6.45) is 2.13. The van der Waals surface area contributed by atoms with Crippen molar-refractivity contribution >= 4 is 64.4 Å². The molecule has 0 spiro atoms. The van der Waals surface area contributed by atoms with Crippen LogP contribution in [-0.4, -0.2) is 48.8 Å². The van der Waals surface area contributed by atoms with Crippen LogP contribution in [0.3, 0.4) is 0 Å². The van der Waals surface area contributed by atoms with Gasteiger partial charge >= 0.3 is 12.1 Å². The van der Waals surface area contributed by atoms with Gasteiger partial charge in [-0.1, -0.05) is 136 Å².